The Hall–Kier alpha value is -1.06. The van der Waals surface area contributed by atoms with Crippen LogP contribution in [0.1, 0.15) is 19.7 Å². The predicted molar refractivity (Wildman–Crippen MR) is 34.8 cm³/mol. The van der Waals surface area contributed by atoms with Crippen LogP contribution in [0.15, 0.2) is 4.52 Å². The third-order valence-electron chi connectivity index (χ3n) is 0.850. The molecule has 1 heterocycles. The molecule has 0 N–H and O–H groups in total. The van der Waals surface area contributed by atoms with E-state index in [2.05, 4.69) is 14.7 Å². The van der Waals surface area contributed by atoms with Gasteiger partial charge in [-0.25, -0.2) is 0 Å². The number of ether oxygens (including phenoxy) is 1. The molecule has 0 bridgehead atoms. The SMILES string of the molecule is Cc1nc(OC(C)C)no1. The van der Waals surface area contributed by atoms with Crippen LogP contribution in [-0.4, -0.2) is 16.2 Å². The molecule has 4 heteroatoms. The molecule has 0 aliphatic rings. The first kappa shape index (κ1) is 7.05. The summed E-state index contributed by atoms with van der Waals surface area (Å²) in [6.45, 7) is 5.54. The Morgan fingerprint density at radius 2 is 2.20 bits per heavy atom. The van der Waals surface area contributed by atoms with E-state index in [0.717, 1.165) is 0 Å². The average Bonchev–Trinajstić information content (AvgIpc) is 2.13. The van der Waals surface area contributed by atoms with Gasteiger partial charge in [0.05, 0.1) is 6.10 Å². The van der Waals surface area contributed by atoms with Crippen molar-refractivity contribution in [2.24, 2.45) is 0 Å². The van der Waals surface area contributed by atoms with Gasteiger partial charge >= 0.3 is 6.01 Å². The number of nitrogens with zero attached hydrogens (tertiary/aromatic N) is 2. The van der Waals surface area contributed by atoms with Gasteiger partial charge in [0.15, 0.2) is 0 Å². The smallest absolute Gasteiger partial charge is 0.354 e. The van der Waals surface area contributed by atoms with Crippen molar-refractivity contribution >= 4 is 0 Å². The monoisotopic (exact) mass is 142 g/mol. The van der Waals surface area contributed by atoms with Gasteiger partial charge in [-0.05, 0) is 19.0 Å². The molecule has 1 aromatic rings. The highest BCUT2D eigenvalue weighted by atomic mass is 16.6. The van der Waals surface area contributed by atoms with E-state index in [9.17, 15) is 0 Å². The van der Waals surface area contributed by atoms with Crippen LogP contribution < -0.4 is 4.74 Å². The summed E-state index contributed by atoms with van der Waals surface area (Å²) in [4.78, 5) is 3.85. The molecule has 0 amide bonds. The quantitative estimate of drug-likeness (QED) is 0.621. The van der Waals surface area contributed by atoms with Crippen molar-refractivity contribution < 1.29 is 9.26 Å². The molecule has 1 rings (SSSR count). The lowest BCUT2D eigenvalue weighted by Gasteiger charge is -2.01. The predicted octanol–water partition coefficient (Wildman–Crippen LogP) is 1.17. The van der Waals surface area contributed by atoms with E-state index in [-0.39, 0.29) is 6.10 Å². The largest absolute Gasteiger partial charge is 0.459 e. The molecule has 0 aliphatic heterocycles. The first-order valence-corrected chi connectivity index (χ1v) is 3.15. The fraction of sp³-hybridized carbons (Fsp3) is 0.667. The van der Waals surface area contributed by atoms with Gasteiger partial charge in [-0.1, -0.05) is 0 Å². The molecule has 10 heavy (non-hydrogen) atoms. The fourth-order valence-corrected chi connectivity index (χ4v) is 0.539. The molecular formula is C6H10N2O2. The van der Waals surface area contributed by atoms with Crippen LogP contribution in [0.2, 0.25) is 0 Å². The fourth-order valence-electron chi connectivity index (χ4n) is 0.539. The standard InChI is InChI=1S/C6H10N2O2/c1-4(2)9-6-7-5(3)10-8-6/h4H,1-3H3. The number of rotatable bonds is 2. The molecule has 0 aromatic carbocycles. The Kier molecular flexibility index (Phi) is 1.89. The third-order valence-corrected chi connectivity index (χ3v) is 0.850. The number of hydrogen-bond acceptors (Lipinski definition) is 4. The van der Waals surface area contributed by atoms with Crippen LogP contribution in [0.25, 0.3) is 0 Å². The molecule has 0 spiro atoms. The van der Waals surface area contributed by atoms with Crippen LogP contribution in [0, 0.1) is 6.92 Å². The van der Waals surface area contributed by atoms with Gasteiger partial charge in [-0.2, -0.15) is 4.98 Å². The van der Waals surface area contributed by atoms with Gasteiger partial charge in [-0.15, -0.1) is 0 Å². The molecular weight excluding hydrogens is 132 g/mol. The van der Waals surface area contributed by atoms with Crippen LogP contribution in [0.5, 0.6) is 6.01 Å². The van der Waals surface area contributed by atoms with Crippen molar-refractivity contribution in [3.63, 3.8) is 0 Å². The summed E-state index contributed by atoms with van der Waals surface area (Å²) in [5.41, 5.74) is 0. The van der Waals surface area contributed by atoms with Gasteiger partial charge < -0.3 is 9.26 Å². The van der Waals surface area contributed by atoms with E-state index in [1.54, 1.807) is 6.92 Å². The topological polar surface area (TPSA) is 48.2 Å². The van der Waals surface area contributed by atoms with Gasteiger partial charge in [0.1, 0.15) is 0 Å². The summed E-state index contributed by atoms with van der Waals surface area (Å²) in [6, 6.07) is 0.312. The first-order chi connectivity index (χ1) is 4.68. The maximum absolute atomic E-state index is 5.12. The maximum atomic E-state index is 5.12. The second-order valence-electron chi connectivity index (χ2n) is 2.26. The van der Waals surface area contributed by atoms with E-state index in [4.69, 9.17) is 4.74 Å². The molecule has 0 fully saturated rings. The van der Waals surface area contributed by atoms with Crippen molar-refractivity contribution in [1.82, 2.24) is 10.1 Å². The number of hydrogen-bond donors (Lipinski definition) is 0. The lowest BCUT2D eigenvalue weighted by molar-refractivity contribution is 0.211. The molecule has 0 atom stereocenters. The Morgan fingerprint density at radius 3 is 2.60 bits per heavy atom. The molecule has 0 radical (unpaired) electrons. The van der Waals surface area contributed by atoms with Crippen molar-refractivity contribution in [3.8, 4) is 6.01 Å². The molecule has 0 saturated carbocycles. The molecule has 1 aromatic heterocycles. The Bertz CT molecular complexity index is 207. The van der Waals surface area contributed by atoms with Crippen LogP contribution in [-0.2, 0) is 0 Å². The highest BCUT2D eigenvalue weighted by molar-refractivity contribution is 4.89. The summed E-state index contributed by atoms with van der Waals surface area (Å²) >= 11 is 0. The summed E-state index contributed by atoms with van der Waals surface area (Å²) < 4.78 is 9.80. The molecule has 0 aliphatic carbocycles. The van der Waals surface area contributed by atoms with E-state index in [1.165, 1.54) is 0 Å². The minimum atomic E-state index is 0.0944. The zero-order valence-electron chi connectivity index (χ0n) is 6.29. The lowest BCUT2D eigenvalue weighted by atomic mass is 10.5. The summed E-state index contributed by atoms with van der Waals surface area (Å²) in [6.07, 6.45) is 0.0944. The van der Waals surface area contributed by atoms with Crippen LogP contribution in [0.3, 0.4) is 0 Å². The minimum absolute atomic E-state index is 0.0944. The second kappa shape index (κ2) is 2.68. The third kappa shape index (κ3) is 1.72. The second-order valence-corrected chi connectivity index (χ2v) is 2.26. The van der Waals surface area contributed by atoms with Crippen molar-refractivity contribution in [2.45, 2.75) is 26.9 Å². The minimum Gasteiger partial charge on any atom is -0.459 e. The zero-order valence-corrected chi connectivity index (χ0v) is 6.29. The van der Waals surface area contributed by atoms with Gasteiger partial charge in [0, 0.05) is 6.92 Å². The lowest BCUT2D eigenvalue weighted by Crippen LogP contribution is -2.06. The normalized spacial score (nSPS) is 10.4. The van der Waals surface area contributed by atoms with Crippen LogP contribution in [0.4, 0.5) is 0 Å². The average molecular weight is 142 g/mol. The zero-order chi connectivity index (χ0) is 7.56. The highest BCUT2D eigenvalue weighted by Crippen LogP contribution is 2.04. The molecule has 0 saturated heterocycles. The van der Waals surface area contributed by atoms with Crippen molar-refractivity contribution in [3.05, 3.63) is 5.89 Å². The highest BCUT2D eigenvalue weighted by Gasteiger charge is 2.03. The summed E-state index contributed by atoms with van der Waals surface area (Å²) in [7, 11) is 0. The van der Waals surface area contributed by atoms with Crippen molar-refractivity contribution in [1.29, 1.82) is 0 Å². The Balaban J connectivity index is 2.58. The van der Waals surface area contributed by atoms with Gasteiger partial charge in [0.25, 0.3) is 0 Å². The summed E-state index contributed by atoms with van der Waals surface area (Å²) in [5.74, 6) is 0.524. The number of aromatic nitrogens is 2. The maximum Gasteiger partial charge on any atom is 0.354 e. The van der Waals surface area contributed by atoms with E-state index in [1.807, 2.05) is 13.8 Å². The van der Waals surface area contributed by atoms with Crippen molar-refractivity contribution in [2.75, 3.05) is 0 Å². The van der Waals surface area contributed by atoms with E-state index >= 15 is 0 Å². The van der Waals surface area contributed by atoms with Gasteiger partial charge in [-0.3, -0.25) is 0 Å². The Labute approximate surface area is 59.2 Å². The first-order valence-electron chi connectivity index (χ1n) is 3.15. The van der Waals surface area contributed by atoms with E-state index in [0.29, 0.717) is 11.9 Å². The Morgan fingerprint density at radius 1 is 1.50 bits per heavy atom. The van der Waals surface area contributed by atoms with Gasteiger partial charge in [0.2, 0.25) is 5.89 Å². The number of aryl methyl sites for hydroxylation is 1. The summed E-state index contributed by atoms with van der Waals surface area (Å²) in [5, 5.41) is 3.55. The molecule has 0 unspecified atom stereocenters. The van der Waals surface area contributed by atoms with Crippen LogP contribution >= 0.6 is 0 Å². The molecule has 56 valence electrons. The van der Waals surface area contributed by atoms with E-state index < -0.39 is 0 Å². The molecule has 4 nitrogen and oxygen atoms in total.